The highest BCUT2D eigenvalue weighted by atomic mass is 35.5. The van der Waals surface area contributed by atoms with Crippen molar-refractivity contribution in [2.75, 3.05) is 6.61 Å². The zero-order valence-corrected chi connectivity index (χ0v) is 11.4. The lowest BCUT2D eigenvalue weighted by Crippen LogP contribution is -2.17. The van der Waals surface area contributed by atoms with E-state index in [1.165, 1.54) is 0 Å². The first-order valence-electron chi connectivity index (χ1n) is 6.20. The quantitative estimate of drug-likeness (QED) is 0.787. The van der Waals surface area contributed by atoms with Crippen molar-refractivity contribution in [2.24, 2.45) is 0 Å². The van der Waals surface area contributed by atoms with Crippen molar-refractivity contribution in [3.63, 3.8) is 0 Å². The van der Waals surface area contributed by atoms with Crippen molar-refractivity contribution in [3.05, 3.63) is 70.7 Å². The summed E-state index contributed by atoms with van der Waals surface area (Å²) in [6, 6.07) is 16.9. The molecule has 0 bridgehead atoms. The molecular formula is C16H15ClO2. The summed E-state index contributed by atoms with van der Waals surface area (Å²) in [6.45, 7) is 2.15. The summed E-state index contributed by atoms with van der Waals surface area (Å²) < 4.78 is 5.17. The molecule has 0 saturated heterocycles. The van der Waals surface area contributed by atoms with Crippen LogP contribution in [-0.2, 0) is 9.53 Å². The minimum absolute atomic E-state index is 0.276. The lowest BCUT2D eigenvalue weighted by atomic mass is 9.91. The van der Waals surface area contributed by atoms with Crippen LogP contribution in [0.2, 0.25) is 5.02 Å². The standard InChI is InChI=1S/C16H15ClO2/c1-2-19-16(18)15(12-8-4-3-5-9-12)13-10-6-7-11-14(13)17/h3-11,15H,2H2,1H3. The van der Waals surface area contributed by atoms with Crippen LogP contribution in [0.5, 0.6) is 0 Å². The lowest BCUT2D eigenvalue weighted by Gasteiger charge is -2.17. The van der Waals surface area contributed by atoms with Crippen molar-refractivity contribution in [3.8, 4) is 0 Å². The molecule has 0 aromatic heterocycles. The van der Waals surface area contributed by atoms with E-state index in [1.54, 1.807) is 13.0 Å². The monoisotopic (exact) mass is 274 g/mol. The maximum atomic E-state index is 12.2. The van der Waals surface area contributed by atoms with Crippen molar-refractivity contribution < 1.29 is 9.53 Å². The van der Waals surface area contributed by atoms with E-state index in [9.17, 15) is 4.79 Å². The second-order valence-electron chi connectivity index (χ2n) is 4.12. The molecule has 0 aliphatic carbocycles. The molecule has 2 aromatic rings. The van der Waals surface area contributed by atoms with Gasteiger partial charge in [-0.2, -0.15) is 0 Å². The molecule has 0 aliphatic rings. The van der Waals surface area contributed by atoms with Gasteiger partial charge in [0.1, 0.15) is 5.92 Å². The Kier molecular flexibility index (Phi) is 4.58. The maximum absolute atomic E-state index is 12.2. The van der Waals surface area contributed by atoms with Crippen molar-refractivity contribution >= 4 is 17.6 Å². The topological polar surface area (TPSA) is 26.3 Å². The van der Waals surface area contributed by atoms with Crippen LogP contribution in [0.4, 0.5) is 0 Å². The summed E-state index contributed by atoms with van der Waals surface area (Å²) >= 11 is 6.21. The number of hydrogen-bond donors (Lipinski definition) is 0. The number of esters is 1. The molecule has 0 N–H and O–H groups in total. The molecule has 3 heteroatoms. The Hall–Kier alpha value is -1.80. The highest BCUT2D eigenvalue weighted by molar-refractivity contribution is 6.31. The molecule has 0 saturated carbocycles. The lowest BCUT2D eigenvalue weighted by molar-refractivity contribution is -0.143. The molecule has 0 heterocycles. The second kappa shape index (κ2) is 6.39. The van der Waals surface area contributed by atoms with E-state index in [0.717, 1.165) is 11.1 Å². The molecule has 0 aliphatic heterocycles. The molecule has 2 rings (SSSR count). The molecule has 98 valence electrons. The van der Waals surface area contributed by atoms with Crippen LogP contribution < -0.4 is 0 Å². The second-order valence-corrected chi connectivity index (χ2v) is 4.52. The molecular weight excluding hydrogens is 260 g/mol. The molecule has 1 unspecified atom stereocenters. The van der Waals surface area contributed by atoms with Crippen LogP contribution in [0.25, 0.3) is 0 Å². The van der Waals surface area contributed by atoms with Gasteiger partial charge in [-0.25, -0.2) is 0 Å². The van der Waals surface area contributed by atoms with E-state index in [0.29, 0.717) is 11.6 Å². The molecule has 19 heavy (non-hydrogen) atoms. The average molecular weight is 275 g/mol. The number of hydrogen-bond acceptors (Lipinski definition) is 2. The highest BCUT2D eigenvalue weighted by Crippen LogP contribution is 2.31. The zero-order valence-electron chi connectivity index (χ0n) is 10.7. The Bertz CT molecular complexity index is 552. The first-order valence-corrected chi connectivity index (χ1v) is 6.58. The first-order chi connectivity index (χ1) is 9.24. The number of ether oxygens (including phenoxy) is 1. The Balaban J connectivity index is 2.46. The average Bonchev–Trinajstić information content (AvgIpc) is 2.43. The van der Waals surface area contributed by atoms with Gasteiger partial charge < -0.3 is 4.74 Å². The van der Waals surface area contributed by atoms with Gasteiger partial charge in [0, 0.05) is 5.02 Å². The van der Waals surface area contributed by atoms with Gasteiger partial charge in [-0.05, 0) is 24.1 Å². The van der Waals surface area contributed by atoms with E-state index in [4.69, 9.17) is 16.3 Å². The van der Waals surface area contributed by atoms with Crippen LogP contribution in [0.15, 0.2) is 54.6 Å². The predicted octanol–water partition coefficient (Wildman–Crippen LogP) is 4.04. The maximum Gasteiger partial charge on any atom is 0.317 e. The van der Waals surface area contributed by atoms with Crippen molar-refractivity contribution in [2.45, 2.75) is 12.8 Å². The third kappa shape index (κ3) is 3.15. The van der Waals surface area contributed by atoms with Crippen LogP contribution in [-0.4, -0.2) is 12.6 Å². The summed E-state index contributed by atoms with van der Waals surface area (Å²) in [7, 11) is 0. The van der Waals surface area contributed by atoms with E-state index < -0.39 is 5.92 Å². The molecule has 0 amide bonds. The highest BCUT2D eigenvalue weighted by Gasteiger charge is 2.25. The minimum Gasteiger partial charge on any atom is -0.465 e. The normalized spacial score (nSPS) is 11.9. The van der Waals surface area contributed by atoms with Gasteiger partial charge in [0.15, 0.2) is 0 Å². The summed E-state index contributed by atoms with van der Waals surface area (Å²) in [4.78, 5) is 12.2. The van der Waals surface area contributed by atoms with Crippen molar-refractivity contribution in [1.29, 1.82) is 0 Å². The molecule has 1 atom stereocenters. The Morgan fingerprint density at radius 1 is 1.11 bits per heavy atom. The summed E-state index contributed by atoms with van der Waals surface area (Å²) in [6.07, 6.45) is 0. The van der Waals surface area contributed by atoms with E-state index in [2.05, 4.69) is 0 Å². The van der Waals surface area contributed by atoms with Crippen molar-refractivity contribution in [1.82, 2.24) is 0 Å². The van der Waals surface area contributed by atoms with Crippen LogP contribution >= 0.6 is 11.6 Å². The van der Waals surface area contributed by atoms with Gasteiger partial charge in [-0.15, -0.1) is 0 Å². The fourth-order valence-electron chi connectivity index (χ4n) is 2.02. The molecule has 0 radical (unpaired) electrons. The Morgan fingerprint density at radius 2 is 1.74 bits per heavy atom. The molecule has 2 aromatic carbocycles. The SMILES string of the molecule is CCOC(=O)C(c1ccccc1)c1ccccc1Cl. The van der Waals surface area contributed by atoms with Gasteiger partial charge in [-0.3, -0.25) is 4.79 Å². The third-order valence-electron chi connectivity index (χ3n) is 2.87. The summed E-state index contributed by atoms with van der Waals surface area (Å²) in [5.41, 5.74) is 1.66. The van der Waals surface area contributed by atoms with Crippen LogP contribution in [0, 0.1) is 0 Å². The van der Waals surface area contributed by atoms with Gasteiger partial charge in [-0.1, -0.05) is 60.1 Å². The van der Waals surface area contributed by atoms with Gasteiger partial charge in [0.2, 0.25) is 0 Å². The van der Waals surface area contributed by atoms with Gasteiger partial charge in [0.25, 0.3) is 0 Å². The zero-order chi connectivity index (χ0) is 13.7. The number of halogens is 1. The minimum atomic E-state index is -0.477. The van der Waals surface area contributed by atoms with Gasteiger partial charge in [0.05, 0.1) is 6.61 Å². The van der Waals surface area contributed by atoms with E-state index in [1.807, 2.05) is 48.5 Å². The number of carbonyl (C=O) groups excluding carboxylic acids is 1. The Labute approximate surface area is 118 Å². The summed E-state index contributed by atoms with van der Waals surface area (Å²) in [5, 5.41) is 0.574. The van der Waals surface area contributed by atoms with E-state index >= 15 is 0 Å². The fourth-order valence-corrected chi connectivity index (χ4v) is 2.27. The summed E-state index contributed by atoms with van der Waals surface area (Å²) in [5.74, 6) is -0.753. The van der Waals surface area contributed by atoms with Gasteiger partial charge >= 0.3 is 5.97 Å². The molecule has 0 spiro atoms. The van der Waals surface area contributed by atoms with Crippen LogP contribution in [0.1, 0.15) is 24.0 Å². The number of rotatable bonds is 4. The number of carbonyl (C=O) groups is 1. The number of benzene rings is 2. The Morgan fingerprint density at radius 3 is 2.37 bits per heavy atom. The first kappa shape index (κ1) is 13.6. The third-order valence-corrected chi connectivity index (χ3v) is 3.22. The van der Waals surface area contributed by atoms with E-state index in [-0.39, 0.29) is 5.97 Å². The smallest absolute Gasteiger partial charge is 0.317 e. The largest absolute Gasteiger partial charge is 0.465 e. The molecule has 2 nitrogen and oxygen atoms in total. The molecule has 0 fully saturated rings. The predicted molar refractivity (Wildman–Crippen MR) is 76.4 cm³/mol. The fraction of sp³-hybridized carbons (Fsp3) is 0.188. The van der Waals surface area contributed by atoms with Crippen LogP contribution in [0.3, 0.4) is 0 Å².